The number of benzene rings is 1. The summed E-state index contributed by atoms with van der Waals surface area (Å²) < 4.78 is 5.71. The second kappa shape index (κ2) is 8.26. The number of carbonyl (C=O) groups is 2. The van der Waals surface area contributed by atoms with E-state index < -0.39 is 5.97 Å². The third-order valence-corrected chi connectivity index (χ3v) is 4.32. The monoisotopic (exact) mass is 368 g/mol. The lowest BCUT2D eigenvalue weighted by atomic mass is 10.2. The van der Waals surface area contributed by atoms with E-state index in [0.29, 0.717) is 17.9 Å². The van der Waals surface area contributed by atoms with Crippen molar-refractivity contribution in [3.63, 3.8) is 0 Å². The Bertz CT molecular complexity index is 892. The van der Waals surface area contributed by atoms with Crippen molar-refractivity contribution in [3.8, 4) is 5.75 Å². The van der Waals surface area contributed by atoms with Gasteiger partial charge in [0.25, 0.3) is 5.91 Å². The molecule has 26 heavy (non-hydrogen) atoms. The number of aromatic carboxylic acids is 1. The third kappa shape index (κ3) is 4.67. The zero-order valence-corrected chi connectivity index (χ0v) is 14.5. The fourth-order valence-corrected chi connectivity index (χ4v) is 2.93. The van der Waals surface area contributed by atoms with E-state index in [1.54, 1.807) is 35.6 Å². The van der Waals surface area contributed by atoms with Gasteiger partial charge in [-0.05, 0) is 52.7 Å². The number of ether oxygens (including phenoxy) is 1. The van der Waals surface area contributed by atoms with E-state index in [9.17, 15) is 9.59 Å². The Balaban J connectivity index is 1.59. The van der Waals surface area contributed by atoms with Crippen LogP contribution in [0.1, 0.15) is 26.3 Å². The Hall–Kier alpha value is -3.19. The van der Waals surface area contributed by atoms with E-state index in [4.69, 9.17) is 9.84 Å². The molecule has 3 aromatic rings. The molecule has 0 saturated carbocycles. The van der Waals surface area contributed by atoms with Crippen LogP contribution >= 0.6 is 11.3 Å². The van der Waals surface area contributed by atoms with E-state index >= 15 is 0 Å². The summed E-state index contributed by atoms with van der Waals surface area (Å²) in [6.45, 7) is 0.528. The quantitative estimate of drug-likeness (QED) is 0.664. The number of anilines is 1. The fraction of sp³-hybridized carbons (Fsp3) is 0.105. The van der Waals surface area contributed by atoms with Crippen LogP contribution in [0, 0.1) is 0 Å². The van der Waals surface area contributed by atoms with E-state index in [1.165, 1.54) is 23.9 Å². The van der Waals surface area contributed by atoms with Gasteiger partial charge in [0.15, 0.2) is 0 Å². The Morgan fingerprint density at radius 3 is 2.73 bits per heavy atom. The number of hydrogen-bond acceptors (Lipinski definition) is 5. The largest absolute Gasteiger partial charge is 0.493 e. The zero-order chi connectivity index (χ0) is 18.4. The highest BCUT2D eigenvalue weighted by atomic mass is 32.1. The molecule has 0 spiro atoms. The third-order valence-electron chi connectivity index (χ3n) is 3.59. The molecule has 3 rings (SSSR count). The lowest BCUT2D eigenvalue weighted by Gasteiger charge is -2.08. The van der Waals surface area contributed by atoms with Crippen LogP contribution in [0.2, 0.25) is 0 Å². The van der Waals surface area contributed by atoms with E-state index in [-0.39, 0.29) is 17.3 Å². The predicted molar refractivity (Wildman–Crippen MR) is 99.1 cm³/mol. The molecule has 0 atom stereocenters. The molecule has 0 unspecified atom stereocenters. The molecule has 2 N–H and O–H groups in total. The Morgan fingerprint density at radius 2 is 2.04 bits per heavy atom. The minimum absolute atomic E-state index is 0.0593. The van der Waals surface area contributed by atoms with Crippen LogP contribution < -0.4 is 10.1 Å². The Labute approximate surface area is 154 Å². The van der Waals surface area contributed by atoms with Gasteiger partial charge in [-0.1, -0.05) is 6.07 Å². The highest BCUT2D eigenvalue weighted by molar-refractivity contribution is 7.07. The van der Waals surface area contributed by atoms with Crippen molar-refractivity contribution in [2.45, 2.75) is 6.42 Å². The van der Waals surface area contributed by atoms with Crippen LogP contribution in [0.15, 0.2) is 59.4 Å². The zero-order valence-electron chi connectivity index (χ0n) is 13.7. The number of carboxylic acids is 1. The van der Waals surface area contributed by atoms with Crippen molar-refractivity contribution in [1.82, 2.24) is 4.98 Å². The average Bonchev–Trinajstić information content (AvgIpc) is 3.16. The first-order valence-corrected chi connectivity index (χ1v) is 8.81. The van der Waals surface area contributed by atoms with Crippen LogP contribution in [-0.2, 0) is 6.42 Å². The molecule has 0 aliphatic carbocycles. The number of hydrogen-bond donors (Lipinski definition) is 2. The van der Waals surface area contributed by atoms with Gasteiger partial charge in [-0.3, -0.25) is 4.79 Å². The molecule has 0 fully saturated rings. The SMILES string of the molecule is O=C(O)c1ccc(NC(=O)c2cccc(OCCc3ccsc3)c2)nc1. The Morgan fingerprint density at radius 1 is 1.15 bits per heavy atom. The highest BCUT2D eigenvalue weighted by Gasteiger charge is 2.09. The van der Waals surface area contributed by atoms with Gasteiger partial charge >= 0.3 is 5.97 Å². The Kier molecular flexibility index (Phi) is 5.60. The molecule has 0 radical (unpaired) electrons. The van der Waals surface area contributed by atoms with Gasteiger partial charge in [0.05, 0.1) is 12.2 Å². The molecule has 0 aliphatic rings. The molecule has 132 valence electrons. The molecule has 1 amide bonds. The number of amides is 1. The number of nitrogens with zero attached hydrogens (tertiary/aromatic N) is 1. The van der Waals surface area contributed by atoms with Crippen molar-refractivity contribution in [1.29, 1.82) is 0 Å². The van der Waals surface area contributed by atoms with E-state index in [2.05, 4.69) is 21.7 Å². The molecular weight excluding hydrogens is 352 g/mol. The van der Waals surface area contributed by atoms with Crippen LogP contribution in [0.25, 0.3) is 0 Å². The smallest absolute Gasteiger partial charge is 0.337 e. The molecule has 0 saturated heterocycles. The molecule has 2 aromatic heterocycles. The summed E-state index contributed by atoms with van der Waals surface area (Å²) in [5.41, 5.74) is 1.71. The second-order valence-electron chi connectivity index (χ2n) is 5.45. The maximum Gasteiger partial charge on any atom is 0.337 e. The summed E-state index contributed by atoms with van der Waals surface area (Å²) in [5.74, 6) is -0.516. The summed E-state index contributed by atoms with van der Waals surface area (Å²) in [4.78, 5) is 27.1. The van der Waals surface area contributed by atoms with E-state index in [1.807, 2.05) is 5.38 Å². The number of carbonyl (C=O) groups excluding carboxylic acids is 1. The normalized spacial score (nSPS) is 10.3. The number of rotatable bonds is 7. The summed E-state index contributed by atoms with van der Waals surface area (Å²) in [6, 6.07) is 11.8. The van der Waals surface area contributed by atoms with Crippen molar-refractivity contribution >= 4 is 29.0 Å². The first-order chi connectivity index (χ1) is 12.6. The maximum atomic E-state index is 12.3. The first kappa shape index (κ1) is 17.6. The minimum Gasteiger partial charge on any atom is -0.493 e. The molecule has 0 aliphatic heterocycles. The molecule has 6 nitrogen and oxygen atoms in total. The number of carboxylic acid groups (broad SMARTS) is 1. The number of thiophene rings is 1. The fourth-order valence-electron chi connectivity index (χ4n) is 2.23. The highest BCUT2D eigenvalue weighted by Crippen LogP contribution is 2.16. The van der Waals surface area contributed by atoms with Crippen molar-refractivity contribution in [2.75, 3.05) is 11.9 Å². The van der Waals surface area contributed by atoms with Crippen molar-refractivity contribution < 1.29 is 19.4 Å². The number of aromatic nitrogens is 1. The van der Waals surface area contributed by atoms with Crippen LogP contribution in [0.5, 0.6) is 5.75 Å². The molecule has 2 heterocycles. The second-order valence-corrected chi connectivity index (χ2v) is 6.23. The van der Waals surface area contributed by atoms with Gasteiger partial charge in [-0.2, -0.15) is 11.3 Å². The van der Waals surface area contributed by atoms with Crippen LogP contribution in [-0.4, -0.2) is 28.6 Å². The van der Waals surface area contributed by atoms with Crippen LogP contribution in [0.4, 0.5) is 5.82 Å². The van der Waals surface area contributed by atoms with Gasteiger partial charge in [-0.25, -0.2) is 9.78 Å². The van der Waals surface area contributed by atoms with Crippen molar-refractivity contribution in [2.24, 2.45) is 0 Å². The standard InChI is InChI=1S/C19H16N2O4S/c22-18(21-17-5-4-15(11-20-17)19(23)24)14-2-1-3-16(10-14)25-8-6-13-7-9-26-12-13/h1-5,7,9-12H,6,8H2,(H,23,24)(H,20,21,22). The first-order valence-electron chi connectivity index (χ1n) is 7.86. The lowest BCUT2D eigenvalue weighted by Crippen LogP contribution is -2.13. The summed E-state index contributed by atoms with van der Waals surface area (Å²) in [5, 5.41) is 15.6. The minimum atomic E-state index is -1.07. The van der Waals surface area contributed by atoms with Gasteiger partial charge < -0.3 is 15.2 Å². The molecule has 1 aromatic carbocycles. The maximum absolute atomic E-state index is 12.3. The summed E-state index contributed by atoms with van der Waals surface area (Å²) >= 11 is 1.65. The number of nitrogens with one attached hydrogen (secondary N) is 1. The van der Waals surface area contributed by atoms with Gasteiger partial charge in [0, 0.05) is 18.2 Å². The van der Waals surface area contributed by atoms with Gasteiger partial charge in [-0.15, -0.1) is 0 Å². The van der Waals surface area contributed by atoms with Gasteiger partial charge in [0.2, 0.25) is 0 Å². The van der Waals surface area contributed by atoms with E-state index in [0.717, 1.165) is 6.42 Å². The number of pyridine rings is 1. The average molecular weight is 368 g/mol. The van der Waals surface area contributed by atoms with Crippen molar-refractivity contribution in [3.05, 3.63) is 76.1 Å². The summed E-state index contributed by atoms with van der Waals surface area (Å²) in [6.07, 6.45) is 2.00. The lowest BCUT2D eigenvalue weighted by molar-refractivity contribution is 0.0696. The molecular formula is C19H16N2O4S. The summed E-state index contributed by atoms with van der Waals surface area (Å²) in [7, 11) is 0. The predicted octanol–water partition coefficient (Wildman–Crippen LogP) is 3.72. The molecule has 0 bridgehead atoms. The van der Waals surface area contributed by atoms with Crippen LogP contribution in [0.3, 0.4) is 0 Å². The van der Waals surface area contributed by atoms with Gasteiger partial charge in [0.1, 0.15) is 11.6 Å². The molecule has 7 heteroatoms. The topological polar surface area (TPSA) is 88.5 Å².